The first-order valence-electron chi connectivity index (χ1n) is 8.40. The quantitative estimate of drug-likeness (QED) is 0.773. The summed E-state index contributed by atoms with van der Waals surface area (Å²) in [5.41, 5.74) is 0.970. The summed E-state index contributed by atoms with van der Waals surface area (Å²) in [4.78, 5) is 43.2. The topological polar surface area (TPSA) is 60.9 Å². The molecule has 0 N–H and O–H groups in total. The lowest BCUT2D eigenvalue weighted by Crippen LogP contribution is -2.52. The monoisotopic (exact) mass is 337 g/mol. The fraction of sp³-hybridized carbons (Fsp3) is 0.316. The summed E-state index contributed by atoms with van der Waals surface area (Å²) in [5.74, 6) is -0.963. The molecule has 0 saturated carbocycles. The lowest BCUT2D eigenvalue weighted by Gasteiger charge is -2.34. The summed E-state index contributed by atoms with van der Waals surface area (Å²) in [6, 6.07) is 10.8. The van der Waals surface area contributed by atoms with Gasteiger partial charge >= 0.3 is 0 Å². The van der Waals surface area contributed by atoms with E-state index < -0.39 is 11.8 Å². The Morgan fingerprint density at radius 3 is 2.04 bits per heavy atom. The van der Waals surface area contributed by atoms with E-state index in [1.165, 1.54) is 0 Å². The van der Waals surface area contributed by atoms with E-state index in [9.17, 15) is 14.4 Å². The number of nitrogens with zero attached hydrogens (tertiary/aromatic N) is 3. The normalized spacial score (nSPS) is 18.1. The van der Waals surface area contributed by atoms with Crippen molar-refractivity contribution in [3.05, 3.63) is 47.5 Å². The van der Waals surface area contributed by atoms with Crippen molar-refractivity contribution in [2.45, 2.75) is 0 Å². The van der Waals surface area contributed by atoms with E-state index in [0.29, 0.717) is 29.6 Å². The molecule has 0 unspecified atom stereocenters. The van der Waals surface area contributed by atoms with E-state index in [1.807, 2.05) is 19.2 Å². The number of imide groups is 1. The summed E-state index contributed by atoms with van der Waals surface area (Å²) in [5, 5.41) is 1.55. The summed E-state index contributed by atoms with van der Waals surface area (Å²) in [6.07, 6.45) is 0. The Morgan fingerprint density at radius 2 is 1.48 bits per heavy atom. The molecule has 0 spiro atoms. The van der Waals surface area contributed by atoms with Crippen molar-refractivity contribution in [1.29, 1.82) is 0 Å². The number of carbonyl (C=O) groups excluding carboxylic acids is 3. The fourth-order valence-electron chi connectivity index (χ4n) is 3.52. The van der Waals surface area contributed by atoms with Crippen LogP contribution < -0.4 is 0 Å². The summed E-state index contributed by atoms with van der Waals surface area (Å²) < 4.78 is 0. The third-order valence-electron chi connectivity index (χ3n) is 5.01. The molecule has 2 aromatic carbocycles. The predicted molar refractivity (Wildman–Crippen MR) is 93.4 cm³/mol. The van der Waals surface area contributed by atoms with Gasteiger partial charge in [-0.25, -0.2) is 0 Å². The van der Waals surface area contributed by atoms with Gasteiger partial charge in [0.05, 0.1) is 0 Å². The maximum atomic E-state index is 12.8. The molecule has 0 radical (unpaired) electrons. The van der Waals surface area contributed by atoms with Gasteiger partial charge in [-0.3, -0.25) is 19.3 Å². The molecule has 3 amide bonds. The molecule has 1 saturated heterocycles. The van der Waals surface area contributed by atoms with Gasteiger partial charge < -0.3 is 9.80 Å². The Labute approximate surface area is 145 Å². The van der Waals surface area contributed by atoms with Crippen LogP contribution in [0.15, 0.2) is 36.4 Å². The standard InChI is InChI=1S/C19H19N3O3/c1-20-8-10-21(11-9-20)16(23)12-22-18(24)14-6-2-4-13-5-3-7-15(17(13)14)19(22)25/h2-7H,8-12H2,1H3. The molecule has 0 aliphatic carbocycles. The van der Waals surface area contributed by atoms with Gasteiger partial charge in [0.1, 0.15) is 6.54 Å². The molecule has 25 heavy (non-hydrogen) atoms. The number of likely N-dealkylation sites (N-methyl/N-ethyl adjacent to an activating group) is 1. The van der Waals surface area contributed by atoms with Gasteiger partial charge in [0.25, 0.3) is 11.8 Å². The zero-order valence-corrected chi connectivity index (χ0v) is 14.1. The fourth-order valence-corrected chi connectivity index (χ4v) is 3.52. The summed E-state index contributed by atoms with van der Waals surface area (Å²) >= 11 is 0. The van der Waals surface area contributed by atoms with Gasteiger partial charge in [-0.15, -0.1) is 0 Å². The predicted octanol–water partition coefficient (Wildman–Crippen LogP) is 1.21. The number of amides is 3. The molecule has 2 aromatic rings. The number of benzene rings is 2. The van der Waals surface area contributed by atoms with Crippen molar-refractivity contribution < 1.29 is 14.4 Å². The highest BCUT2D eigenvalue weighted by Crippen LogP contribution is 2.29. The lowest BCUT2D eigenvalue weighted by molar-refractivity contribution is -0.133. The lowest BCUT2D eigenvalue weighted by atomic mass is 9.94. The number of carbonyl (C=O) groups is 3. The SMILES string of the molecule is CN1CCN(C(=O)CN2C(=O)c3cccc4cccc(c34)C2=O)CC1. The molecular formula is C19H19N3O3. The first-order valence-corrected chi connectivity index (χ1v) is 8.40. The van der Waals surface area contributed by atoms with Crippen LogP contribution in [0.3, 0.4) is 0 Å². The van der Waals surface area contributed by atoms with E-state index in [1.54, 1.807) is 29.2 Å². The van der Waals surface area contributed by atoms with Crippen LogP contribution in [-0.2, 0) is 4.79 Å². The van der Waals surface area contributed by atoms with Crippen LogP contribution in [0.5, 0.6) is 0 Å². The van der Waals surface area contributed by atoms with Crippen molar-refractivity contribution in [1.82, 2.24) is 14.7 Å². The highest BCUT2D eigenvalue weighted by atomic mass is 16.2. The third-order valence-corrected chi connectivity index (χ3v) is 5.01. The number of hydrogen-bond acceptors (Lipinski definition) is 4. The van der Waals surface area contributed by atoms with Gasteiger partial charge in [-0.2, -0.15) is 0 Å². The van der Waals surface area contributed by atoms with E-state index in [0.717, 1.165) is 23.4 Å². The zero-order chi connectivity index (χ0) is 17.6. The summed E-state index contributed by atoms with van der Waals surface area (Å²) in [7, 11) is 2.01. The van der Waals surface area contributed by atoms with Crippen molar-refractivity contribution in [3.63, 3.8) is 0 Å². The van der Waals surface area contributed by atoms with Gasteiger partial charge in [-0.05, 0) is 24.6 Å². The molecule has 0 bridgehead atoms. The van der Waals surface area contributed by atoms with E-state index in [4.69, 9.17) is 0 Å². The molecule has 0 atom stereocenters. The van der Waals surface area contributed by atoms with Crippen LogP contribution in [0, 0.1) is 0 Å². The molecule has 2 aliphatic rings. The molecule has 6 heteroatoms. The van der Waals surface area contributed by atoms with Crippen LogP contribution in [0.1, 0.15) is 20.7 Å². The average Bonchev–Trinajstić information content (AvgIpc) is 2.63. The highest BCUT2D eigenvalue weighted by Gasteiger charge is 2.35. The Hall–Kier alpha value is -2.73. The Kier molecular flexibility index (Phi) is 3.77. The van der Waals surface area contributed by atoms with E-state index in [-0.39, 0.29) is 12.5 Å². The van der Waals surface area contributed by atoms with Gasteiger partial charge in [0.2, 0.25) is 5.91 Å². The summed E-state index contributed by atoms with van der Waals surface area (Å²) in [6.45, 7) is 2.65. The van der Waals surface area contributed by atoms with E-state index in [2.05, 4.69) is 4.90 Å². The molecule has 6 nitrogen and oxygen atoms in total. The molecule has 4 rings (SSSR count). The maximum absolute atomic E-state index is 12.8. The second-order valence-electron chi connectivity index (χ2n) is 6.59. The van der Waals surface area contributed by atoms with Crippen molar-refractivity contribution in [2.75, 3.05) is 39.8 Å². The Bertz CT molecular complexity index is 834. The van der Waals surface area contributed by atoms with Gasteiger partial charge in [-0.1, -0.05) is 24.3 Å². The minimum absolute atomic E-state index is 0.179. The largest absolute Gasteiger partial charge is 0.339 e. The maximum Gasteiger partial charge on any atom is 0.261 e. The minimum Gasteiger partial charge on any atom is -0.339 e. The first-order chi connectivity index (χ1) is 12.1. The number of hydrogen-bond donors (Lipinski definition) is 0. The second kappa shape index (κ2) is 5.97. The Morgan fingerprint density at radius 1 is 0.920 bits per heavy atom. The molecule has 128 valence electrons. The number of piperazine rings is 1. The molecule has 2 aliphatic heterocycles. The molecule has 1 fully saturated rings. The average molecular weight is 337 g/mol. The molecule has 0 aromatic heterocycles. The van der Waals surface area contributed by atoms with Crippen molar-refractivity contribution in [3.8, 4) is 0 Å². The van der Waals surface area contributed by atoms with Crippen molar-refractivity contribution in [2.24, 2.45) is 0 Å². The zero-order valence-electron chi connectivity index (χ0n) is 14.1. The third kappa shape index (κ3) is 2.59. The van der Waals surface area contributed by atoms with Crippen LogP contribution >= 0.6 is 0 Å². The first kappa shape index (κ1) is 15.8. The van der Waals surface area contributed by atoms with Crippen LogP contribution in [0.25, 0.3) is 10.8 Å². The molecule has 2 heterocycles. The van der Waals surface area contributed by atoms with Crippen LogP contribution in [0.2, 0.25) is 0 Å². The second-order valence-corrected chi connectivity index (χ2v) is 6.59. The molecular weight excluding hydrogens is 318 g/mol. The minimum atomic E-state index is -0.392. The van der Waals surface area contributed by atoms with Crippen LogP contribution in [-0.4, -0.2) is 72.2 Å². The van der Waals surface area contributed by atoms with Crippen molar-refractivity contribution >= 4 is 28.5 Å². The van der Waals surface area contributed by atoms with Crippen LogP contribution in [0.4, 0.5) is 0 Å². The van der Waals surface area contributed by atoms with Gasteiger partial charge in [0, 0.05) is 42.7 Å². The van der Waals surface area contributed by atoms with E-state index >= 15 is 0 Å². The number of rotatable bonds is 2. The smallest absolute Gasteiger partial charge is 0.261 e. The van der Waals surface area contributed by atoms with Gasteiger partial charge in [0.15, 0.2) is 0 Å². The highest BCUT2D eigenvalue weighted by molar-refractivity contribution is 6.26. The Balaban J connectivity index is 1.63.